The molecule has 522 valence electrons. The summed E-state index contributed by atoms with van der Waals surface area (Å²) in [5, 5.41) is 17.4. The van der Waals surface area contributed by atoms with Crippen molar-refractivity contribution in [3.05, 3.63) is 220 Å². The van der Waals surface area contributed by atoms with Crippen LogP contribution in [0.1, 0.15) is 159 Å². The predicted octanol–water partition coefficient (Wildman–Crippen LogP) is 17.2. The summed E-state index contributed by atoms with van der Waals surface area (Å²) in [6, 6.07) is 41.5. The molecule has 9 aromatic rings. The van der Waals surface area contributed by atoms with Gasteiger partial charge in [0, 0.05) is 63.1 Å². The van der Waals surface area contributed by atoms with E-state index in [4.69, 9.17) is 4.98 Å². The lowest BCUT2D eigenvalue weighted by Crippen LogP contribution is -2.32. The van der Waals surface area contributed by atoms with E-state index in [0.29, 0.717) is 43.5 Å². The second kappa shape index (κ2) is 29.9. The fraction of sp³-hybridized carbons (Fsp3) is 0.329. The molecule has 0 saturated heterocycles. The Morgan fingerprint density at radius 3 is 1.61 bits per heavy atom. The number of hydrogen-bond donors (Lipinski definition) is 6. The monoisotopic (exact) mass is 1420 g/mol. The summed E-state index contributed by atoms with van der Waals surface area (Å²) >= 11 is 3.44. The van der Waals surface area contributed by atoms with E-state index in [1.54, 1.807) is 18.7 Å². The van der Waals surface area contributed by atoms with Gasteiger partial charge >= 0.3 is 0 Å². The number of benzene rings is 6. The van der Waals surface area contributed by atoms with E-state index in [9.17, 15) is 28.8 Å². The third-order valence-corrected chi connectivity index (χ3v) is 19.8. The Labute approximate surface area is 600 Å². The normalized spacial score (nSPS) is 20.3. The molecule has 0 spiro atoms. The van der Waals surface area contributed by atoms with Crippen LogP contribution in [0.25, 0.3) is 33.8 Å². The molecule has 6 aliphatic heterocycles. The number of nitrogens with one attached hydrogen (secondary N) is 6. The Hall–Kier alpha value is -10.3. The van der Waals surface area contributed by atoms with Gasteiger partial charge in [-0.05, 0) is 195 Å². The highest BCUT2D eigenvalue weighted by molar-refractivity contribution is 9.10. The van der Waals surface area contributed by atoms with Crippen LogP contribution in [0.5, 0.6) is 0 Å². The van der Waals surface area contributed by atoms with Crippen LogP contribution >= 0.6 is 15.9 Å². The van der Waals surface area contributed by atoms with Crippen molar-refractivity contribution >= 4 is 96.7 Å². The number of anilines is 6. The van der Waals surface area contributed by atoms with Gasteiger partial charge < -0.3 is 36.5 Å². The van der Waals surface area contributed by atoms with Gasteiger partial charge in [0.05, 0.1) is 39.6 Å². The minimum atomic E-state index is -0.571. The Kier molecular flexibility index (Phi) is 21.7. The zero-order chi connectivity index (χ0) is 73.0. The molecule has 5 atom stereocenters. The lowest BCUT2D eigenvalue weighted by atomic mass is 9.76. The summed E-state index contributed by atoms with van der Waals surface area (Å²) < 4.78 is 3.05. The molecule has 6 aromatic carbocycles. The van der Waals surface area contributed by atoms with Crippen molar-refractivity contribution in [3.63, 3.8) is 0 Å². The number of carbonyl (C=O) groups excluding carboxylic acids is 6. The average Bonchev–Trinajstić information content (AvgIpc) is 1.62. The van der Waals surface area contributed by atoms with Crippen molar-refractivity contribution in [2.45, 2.75) is 163 Å². The number of para-hydroxylation sites is 3. The van der Waals surface area contributed by atoms with Crippen LogP contribution in [0.15, 0.2) is 175 Å². The van der Waals surface area contributed by atoms with Gasteiger partial charge in [0.1, 0.15) is 29.2 Å². The Morgan fingerprint density at radius 2 is 1.05 bits per heavy atom. The van der Waals surface area contributed by atoms with Gasteiger partial charge in [0.25, 0.3) is 0 Å². The fourth-order valence-electron chi connectivity index (χ4n) is 14.5. The van der Waals surface area contributed by atoms with E-state index in [1.807, 2.05) is 171 Å². The SMILES string of the molecule is C=C(C)CC1(C)C(=O)Nc2ccc(Br)cc21.C=C(C)CC1(C)C(=O)Nc2ccccc21.CC1C(=O)Nc2ccccc21.CCn1c(-c2cnc(C)nc2)nc2c(-c3ccc4c(c3)C(C)(CC(C)C)C(=O)N4)ncnc21.Cc1ccc2c(c1)C(C)(CC(C)C)C(=O)N2.O=C1Cc2ccccc2N1. The standard InChI is InChI=1S/C25H27N7O.C14H19NO.C13H14BrNO.C13H15NO.C9H9NO.C8H7NO/c1-6-32-22(17-11-26-15(4)27-12-17)31-21-20(28-13-29-23(21)32)16-7-8-19-18(9-16)25(5,10-14(2)3)24(33)30-19;1-9(2)8-14(4)11-7-10(3)5-6-12(11)15-13(14)16;1-8(2)7-13(3)10-6-9(14)4-5-11(10)15-12(13)16;1-9(2)8-13(3)10-6-4-5-7-11(10)14-12(13)15;1-6-7-4-2-3-5-8(7)10-9(6)11;10-8-5-6-3-1-2-4-7(6)9-8/h7-9,11-14H,6,10H2,1-5H3,(H,30,33);5-7,9H,8H2,1-4H3,(H,15,16);4-6H,1,7H2,2-3H3,(H,15,16);4-7H,1,8H2,2-3H3,(H,14,15);2-6H,1H3,(H,10,11);1-4H,5H2,(H,9,10). The van der Waals surface area contributed by atoms with Gasteiger partial charge in [-0.3, -0.25) is 28.8 Å². The highest BCUT2D eigenvalue weighted by Gasteiger charge is 2.46. The molecule has 3 aromatic heterocycles. The van der Waals surface area contributed by atoms with Crippen molar-refractivity contribution in [1.29, 1.82) is 0 Å². The van der Waals surface area contributed by atoms with Gasteiger partial charge in [-0.25, -0.2) is 24.9 Å². The third kappa shape index (κ3) is 15.4. The van der Waals surface area contributed by atoms with Crippen LogP contribution in [0.4, 0.5) is 34.1 Å². The largest absolute Gasteiger partial charge is 0.326 e. The summed E-state index contributed by atoms with van der Waals surface area (Å²) in [6.45, 7) is 36.9. The maximum absolute atomic E-state index is 12.9. The molecule has 5 unspecified atom stereocenters. The van der Waals surface area contributed by atoms with Crippen molar-refractivity contribution in [2.24, 2.45) is 11.8 Å². The summed E-state index contributed by atoms with van der Waals surface area (Å²) in [7, 11) is 0. The number of imidazole rings is 1. The number of rotatable bonds is 11. The van der Waals surface area contributed by atoms with Gasteiger partial charge in [-0.1, -0.05) is 133 Å². The van der Waals surface area contributed by atoms with E-state index < -0.39 is 16.2 Å². The average molecular weight is 1420 g/mol. The molecule has 19 heteroatoms. The Bertz CT molecular complexity index is 4720. The van der Waals surface area contributed by atoms with E-state index in [0.717, 1.165) is 130 Å². The summed E-state index contributed by atoms with van der Waals surface area (Å²) in [5.74, 6) is 2.92. The maximum Gasteiger partial charge on any atom is 0.235 e. The third-order valence-electron chi connectivity index (χ3n) is 19.3. The zero-order valence-corrected chi connectivity index (χ0v) is 61.8. The van der Waals surface area contributed by atoms with Crippen molar-refractivity contribution < 1.29 is 28.8 Å². The second-order valence-corrected chi connectivity index (χ2v) is 29.8. The molecule has 0 aliphatic carbocycles. The Balaban J connectivity index is 0.000000138. The molecule has 0 radical (unpaired) electrons. The highest BCUT2D eigenvalue weighted by atomic mass is 79.9. The first-order valence-electron chi connectivity index (χ1n) is 34.3. The quantitative estimate of drug-likeness (QED) is 0.0665. The minimum Gasteiger partial charge on any atom is -0.326 e. The molecule has 9 heterocycles. The number of amides is 6. The van der Waals surface area contributed by atoms with Gasteiger partial charge in [0.15, 0.2) is 5.65 Å². The fourth-order valence-corrected chi connectivity index (χ4v) is 14.8. The molecule has 6 amide bonds. The van der Waals surface area contributed by atoms with Crippen LogP contribution in [-0.4, -0.2) is 64.9 Å². The second-order valence-electron chi connectivity index (χ2n) is 28.9. The first kappa shape index (κ1) is 73.4. The number of fused-ring (bicyclic) bond motifs is 7. The summed E-state index contributed by atoms with van der Waals surface area (Å²) in [5.41, 5.74) is 17.5. The van der Waals surface area contributed by atoms with Gasteiger partial charge in [-0.15, -0.1) is 13.2 Å². The Morgan fingerprint density at radius 1 is 0.554 bits per heavy atom. The lowest BCUT2D eigenvalue weighted by molar-refractivity contribution is -0.121. The van der Waals surface area contributed by atoms with Crippen molar-refractivity contribution in [1.82, 2.24) is 29.5 Å². The highest BCUT2D eigenvalue weighted by Crippen LogP contribution is 2.47. The number of aromatic nitrogens is 6. The van der Waals surface area contributed by atoms with E-state index >= 15 is 0 Å². The van der Waals surface area contributed by atoms with E-state index in [-0.39, 0.29) is 46.8 Å². The molecule has 0 bridgehead atoms. The first-order chi connectivity index (χ1) is 47.9. The van der Waals surface area contributed by atoms with Gasteiger partial charge in [0.2, 0.25) is 35.4 Å². The number of carbonyl (C=O) groups is 6. The van der Waals surface area contributed by atoms with Crippen molar-refractivity contribution in [3.8, 4) is 22.6 Å². The number of allylic oxidation sites excluding steroid dienone is 2. The number of hydrogen-bond acceptors (Lipinski definition) is 11. The molecule has 6 N–H and O–H groups in total. The predicted molar refractivity (Wildman–Crippen MR) is 408 cm³/mol. The smallest absolute Gasteiger partial charge is 0.235 e. The molecular weight excluding hydrogens is 1330 g/mol. The molecule has 0 saturated carbocycles. The van der Waals surface area contributed by atoms with Crippen LogP contribution in [-0.2, 0) is 63.4 Å². The lowest BCUT2D eigenvalue weighted by Gasteiger charge is -2.24. The number of nitrogens with zero attached hydrogens (tertiary/aromatic N) is 6. The molecule has 15 rings (SSSR count). The maximum atomic E-state index is 12.9. The van der Waals surface area contributed by atoms with E-state index in [2.05, 4.69) is 139 Å². The number of halogens is 1. The summed E-state index contributed by atoms with van der Waals surface area (Å²) in [4.78, 5) is 93.5. The molecule has 101 heavy (non-hydrogen) atoms. The molecule has 6 aliphatic rings. The molecule has 18 nitrogen and oxygen atoms in total. The van der Waals surface area contributed by atoms with Gasteiger partial charge in [-0.2, -0.15) is 0 Å². The topological polar surface area (TPSA) is 244 Å². The van der Waals surface area contributed by atoms with Crippen LogP contribution in [0.2, 0.25) is 0 Å². The van der Waals surface area contributed by atoms with Crippen molar-refractivity contribution in [2.75, 3.05) is 31.9 Å². The number of aryl methyl sites for hydroxylation is 3. The minimum absolute atomic E-state index is 0.0196. The molecule has 0 fully saturated rings. The first-order valence-corrected chi connectivity index (χ1v) is 35.1. The van der Waals surface area contributed by atoms with Crippen LogP contribution in [0.3, 0.4) is 0 Å². The molecular formula is C82H91BrN12O6. The zero-order valence-electron chi connectivity index (χ0n) is 60.3. The summed E-state index contributed by atoms with van der Waals surface area (Å²) in [6.07, 6.45) is 8.74. The van der Waals surface area contributed by atoms with E-state index in [1.165, 1.54) is 5.56 Å². The van der Waals surface area contributed by atoms with Crippen LogP contribution in [0, 0.1) is 25.7 Å². The van der Waals surface area contributed by atoms with Crippen LogP contribution < -0.4 is 31.9 Å².